The fourth-order valence-electron chi connectivity index (χ4n) is 1.73. The predicted octanol–water partition coefficient (Wildman–Crippen LogP) is 5.21. The Hall–Kier alpha value is -0.450. The summed E-state index contributed by atoms with van der Waals surface area (Å²) in [7, 11) is -3.08. The molecule has 0 N–H and O–H groups in total. The van der Waals surface area contributed by atoms with Crippen molar-refractivity contribution in [1.82, 2.24) is 0 Å². The van der Waals surface area contributed by atoms with Crippen LogP contribution in [0.3, 0.4) is 0 Å². The standard InChI is InChI=1S/C15H21ClO2S2/c1-3-4-5-6-10-20(17,18)11-9-19-15-8-7-14(16)12-13(15)2/h7-9,11-12H,3-6,10H2,1-2H3. The highest BCUT2D eigenvalue weighted by atomic mass is 35.5. The van der Waals surface area contributed by atoms with Gasteiger partial charge in [-0.25, -0.2) is 8.42 Å². The van der Waals surface area contributed by atoms with E-state index in [9.17, 15) is 8.42 Å². The van der Waals surface area contributed by atoms with Gasteiger partial charge in [0.1, 0.15) is 0 Å². The van der Waals surface area contributed by atoms with E-state index in [1.54, 1.807) is 5.41 Å². The molecule has 1 rings (SSSR count). The van der Waals surface area contributed by atoms with Gasteiger partial charge in [-0.3, -0.25) is 0 Å². The predicted molar refractivity (Wildman–Crippen MR) is 89.1 cm³/mol. The van der Waals surface area contributed by atoms with Gasteiger partial charge in [0.05, 0.1) is 5.75 Å². The summed E-state index contributed by atoms with van der Waals surface area (Å²) in [5.41, 5.74) is 1.05. The van der Waals surface area contributed by atoms with Crippen LogP contribution in [0.25, 0.3) is 0 Å². The average molecular weight is 333 g/mol. The van der Waals surface area contributed by atoms with E-state index in [1.165, 1.54) is 17.2 Å². The van der Waals surface area contributed by atoms with Gasteiger partial charge in [0.2, 0.25) is 0 Å². The average Bonchev–Trinajstić information content (AvgIpc) is 2.37. The molecule has 1 aromatic rings. The SMILES string of the molecule is CCCCCCS(=O)(=O)C=CSc1ccc(Cl)cc1C. The molecule has 0 bridgehead atoms. The van der Waals surface area contributed by atoms with Crippen molar-refractivity contribution >= 4 is 33.2 Å². The maximum Gasteiger partial charge on any atom is 0.172 e. The molecule has 20 heavy (non-hydrogen) atoms. The lowest BCUT2D eigenvalue weighted by atomic mass is 10.2. The van der Waals surface area contributed by atoms with Crippen LogP contribution in [0.4, 0.5) is 0 Å². The van der Waals surface area contributed by atoms with E-state index in [4.69, 9.17) is 11.6 Å². The molecule has 5 heteroatoms. The summed E-state index contributed by atoms with van der Waals surface area (Å²) >= 11 is 7.29. The molecule has 0 aliphatic carbocycles. The Kier molecular flexibility index (Phi) is 7.70. The number of aryl methyl sites for hydroxylation is 1. The second-order valence-electron chi connectivity index (χ2n) is 4.73. The lowest BCUT2D eigenvalue weighted by molar-refractivity contribution is 0.597. The van der Waals surface area contributed by atoms with Crippen LogP contribution in [0.5, 0.6) is 0 Å². The molecule has 0 atom stereocenters. The minimum Gasteiger partial charge on any atom is -0.224 e. The molecule has 0 aliphatic heterocycles. The molecule has 0 saturated carbocycles. The lowest BCUT2D eigenvalue weighted by Crippen LogP contribution is -2.01. The van der Waals surface area contributed by atoms with Gasteiger partial charge in [0.25, 0.3) is 0 Å². The van der Waals surface area contributed by atoms with E-state index in [-0.39, 0.29) is 5.75 Å². The number of unbranched alkanes of at least 4 members (excludes halogenated alkanes) is 3. The highest BCUT2D eigenvalue weighted by molar-refractivity contribution is 8.03. The van der Waals surface area contributed by atoms with Crippen molar-refractivity contribution in [2.45, 2.75) is 44.4 Å². The molecule has 0 unspecified atom stereocenters. The zero-order valence-corrected chi connectivity index (χ0v) is 14.3. The number of thioether (sulfide) groups is 1. The molecule has 0 radical (unpaired) electrons. The molecule has 112 valence electrons. The van der Waals surface area contributed by atoms with Gasteiger partial charge < -0.3 is 0 Å². The number of hydrogen-bond acceptors (Lipinski definition) is 3. The Morgan fingerprint density at radius 2 is 2.00 bits per heavy atom. The maximum absolute atomic E-state index is 11.8. The normalized spacial score (nSPS) is 12.2. The Morgan fingerprint density at radius 3 is 2.65 bits per heavy atom. The van der Waals surface area contributed by atoms with Crippen molar-refractivity contribution < 1.29 is 8.42 Å². The molecule has 0 amide bonds. The first-order valence-electron chi connectivity index (χ1n) is 6.76. The fourth-order valence-corrected chi connectivity index (χ4v) is 4.14. The summed E-state index contributed by atoms with van der Waals surface area (Å²) in [5.74, 6) is 0.240. The molecular weight excluding hydrogens is 312 g/mol. The number of rotatable bonds is 8. The van der Waals surface area contributed by atoms with E-state index in [0.717, 1.165) is 36.1 Å². The van der Waals surface area contributed by atoms with Gasteiger partial charge >= 0.3 is 0 Å². The Bertz CT molecular complexity index is 551. The van der Waals surface area contributed by atoms with Crippen LogP contribution in [0.2, 0.25) is 5.02 Å². The number of halogens is 1. The van der Waals surface area contributed by atoms with Gasteiger partial charge in [-0.1, -0.05) is 49.5 Å². The summed E-state index contributed by atoms with van der Waals surface area (Å²) in [6.45, 7) is 4.07. The first kappa shape index (κ1) is 17.6. The fraction of sp³-hybridized carbons (Fsp3) is 0.467. The second-order valence-corrected chi connectivity index (χ2v) is 8.12. The van der Waals surface area contributed by atoms with Gasteiger partial charge in [0.15, 0.2) is 9.84 Å². The molecule has 0 fully saturated rings. The summed E-state index contributed by atoms with van der Waals surface area (Å²) in [4.78, 5) is 1.02. The third-order valence-corrected chi connectivity index (χ3v) is 5.68. The summed E-state index contributed by atoms with van der Waals surface area (Å²) in [5, 5.41) is 3.66. The molecule has 2 nitrogen and oxygen atoms in total. The maximum atomic E-state index is 11.8. The van der Waals surface area contributed by atoms with E-state index >= 15 is 0 Å². The van der Waals surface area contributed by atoms with Crippen LogP contribution in [0.1, 0.15) is 38.2 Å². The molecule has 0 spiro atoms. The van der Waals surface area contributed by atoms with Gasteiger partial charge in [0, 0.05) is 15.3 Å². The van der Waals surface area contributed by atoms with E-state index in [2.05, 4.69) is 6.92 Å². The highest BCUT2D eigenvalue weighted by Gasteiger charge is 2.05. The quantitative estimate of drug-likeness (QED) is 0.484. The number of benzene rings is 1. The minimum absolute atomic E-state index is 0.240. The number of sulfone groups is 1. The third kappa shape index (κ3) is 6.82. The van der Waals surface area contributed by atoms with Crippen molar-refractivity contribution in [1.29, 1.82) is 0 Å². The monoisotopic (exact) mass is 332 g/mol. The van der Waals surface area contributed by atoms with Crippen molar-refractivity contribution in [3.05, 3.63) is 39.6 Å². The molecule has 0 aliphatic rings. The van der Waals surface area contributed by atoms with Crippen LogP contribution >= 0.6 is 23.4 Å². The summed E-state index contributed by atoms with van der Waals surface area (Å²) < 4.78 is 23.6. The van der Waals surface area contributed by atoms with Crippen molar-refractivity contribution in [3.63, 3.8) is 0 Å². The zero-order valence-electron chi connectivity index (χ0n) is 11.9. The first-order chi connectivity index (χ1) is 9.44. The van der Waals surface area contributed by atoms with Crippen LogP contribution in [-0.4, -0.2) is 14.2 Å². The first-order valence-corrected chi connectivity index (χ1v) is 9.74. The largest absolute Gasteiger partial charge is 0.224 e. The topological polar surface area (TPSA) is 34.1 Å². The van der Waals surface area contributed by atoms with E-state index in [0.29, 0.717) is 5.02 Å². The highest BCUT2D eigenvalue weighted by Crippen LogP contribution is 2.26. The van der Waals surface area contributed by atoms with E-state index < -0.39 is 9.84 Å². The van der Waals surface area contributed by atoms with Gasteiger partial charge in [-0.05, 0) is 42.5 Å². The van der Waals surface area contributed by atoms with Crippen LogP contribution in [0, 0.1) is 6.92 Å². The third-order valence-electron chi connectivity index (χ3n) is 2.88. The Balaban J connectivity index is 2.50. The van der Waals surface area contributed by atoms with Crippen LogP contribution in [-0.2, 0) is 9.84 Å². The molecule has 0 heterocycles. The molecule has 0 aromatic heterocycles. The van der Waals surface area contributed by atoms with Crippen molar-refractivity contribution in [2.75, 3.05) is 5.75 Å². The second kappa shape index (κ2) is 8.75. The lowest BCUT2D eigenvalue weighted by Gasteiger charge is -2.02. The number of hydrogen-bond donors (Lipinski definition) is 0. The van der Waals surface area contributed by atoms with Crippen LogP contribution < -0.4 is 0 Å². The van der Waals surface area contributed by atoms with Gasteiger partial charge in [-0.15, -0.1) is 0 Å². The molecule has 1 aromatic carbocycles. The summed E-state index contributed by atoms with van der Waals surface area (Å²) in [6.07, 6.45) is 3.93. The van der Waals surface area contributed by atoms with Crippen molar-refractivity contribution in [2.24, 2.45) is 0 Å². The Morgan fingerprint density at radius 1 is 1.25 bits per heavy atom. The van der Waals surface area contributed by atoms with Crippen LogP contribution in [0.15, 0.2) is 33.9 Å². The van der Waals surface area contributed by atoms with Gasteiger partial charge in [-0.2, -0.15) is 0 Å². The zero-order chi connectivity index (χ0) is 15.0. The summed E-state index contributed by atoms with van der Waals surface area (Å²) in [6, 6.07) is 5.58. The molecular formula is C15H21ClO2S2. The minimum atomic E-state index is -3.08. The van der Waals surface area contributed by atoms with Crippen molar-refractivity contribution in [3.8, 4) is 0 Å². The Labute approximate surface area is 131 Å². The van der Waals surface area contributed by atoms with E-state index in [1.807, 2.05) is 25.1 Å². The smallest absolute Gasteiger partial charge is 0.172 e. The molecule has 0 saturated heterocycles.